The summed E-state index contributed by atoms with van der Waals surface area (Å²) in [5, 5.41) is 16.0. The first kappa shape index (κ1) is 41.7. The van der Waals surface area contributed by atoms with Crippen molar-refractivity contribution in [2.75, 3.05) is 27.4 Å². The van der Waals surface area contributed by atoms with Gasteiger partial charge in [-0.05, 0) is 59.7 Å². The second-order valence-electron chi connectivity index (χ2n) is 14.6. The quantitative estimate of drug-likeness (QED) is 0.117. The Morgan fingerprint density at radius 3 is 2.10 bits per heavy atom. The van der Waals surface area contributed by atoms with Crippen LogP contribution in [0, 0.1) is 17.8 Å². The minimum atomic E-state index is -5.18. The van der Waals surface area contributed by atoms with Gasteiger partial charge in [0.2, 0.25) is 5.91 Å². The number of nitrogens with zero attached hydrogens (tertiary/aromatic N) is 1. The van der Waals surface area contributed by atoms with Crippen LogP contribution >= 0.6 is 0 Å². The number of ether oxygens (including phenoxy) is 4. The lowest BCUT2D eigenvalue weighted by Crippen LogP contribution is -2.51. The molecule has 2 bridgehead atoms. The van der Waals surface area contributed by atoms with E-state index in [1.807, 2.05) is 78.9 Å². The molecule has 0 spiro atoms. The topological polar surface area (TPSA) is 170 Å². The monoisotopic (exact) mass is 804 g/mol. The number of carbonyl (C=O) groups is 2. The molecule has 1 aromatic heterocycles. The minimum absolute atomic E-state index is 0.0259. The molecule has 0 aliphatic carbocycles. The van der Waals surface area contributed by atoms with Crippen LogP contribution in [0.25, 0.3) is 0 Å². The molecule has 3 heterocycles. The fraction of sp³-hybridized carbons (Fsp3) is 0.381. The van der Waals surface area contributed by atoms with E-state index in [9.17, 15) is 37.5 Å². The van der Waals surface area contributed by atoms with Gasteiger partial charge in [-0.15, -0.1) is 0 Å². The summed E-state index contributed by atoms with van der Waals surface area (Å²) >= 11 is 0. The maximum atomic E-state index is 13.3. The molecule has 2 amide bonds. The molecular weight excluding hydrogens is 761 g/mol. The summed E-state index contributed by atoms with van der Waals surface area (Å²) < 4.78 is 63.5. The first-order valence-electron chi connectivity index (χ1n) is 18.4. The number of halogens is 3. The number of fused-ring (bicyclic) bond motifs is 2. The van der Waals surface area contributed by atoms with Crippen LogP contribution in [0.1, 0.15) is 55.2 Å². The smallest absolute Gasteiger partial charge is 0.471 e. The molecule has 3 aromatic carbocycles. The first-order chi connectivity index (χ1) is 27.6. The zero-order chi connectivity index (χ0) is 41.8. The van der Waals surface area contributed by atoms with Gasteiger partial charge < -0.3 is 34.7 Å². The number of carbonyl (C=O) groups excluding carboxylic acids is 2. The van der Waals surface area contributed by atoms with Crippen molar-refractivity contribution in [1.82, 2.24) is 20.2 Å². The maximum absolute atomic E-state index is 13.3. The van der Waals surface area contributed by atoms with E-state index in [-0.39, 0.29) is 30.9 Å². The number of nitrogens with one attached hydrogen (secondary N) is 3. The summed E-state index contributed by atoms with van der Waals surface area (Å²) in [6, 6.07) is 23.4. The number of aromatic amines is 1. The van der Waals surface area contributed by atoms with Gasteiger partial charge >= 0.3 is 17.8 Å². The summed E-state index contributed by atoms with van der Waals surface area (Å²) in [7, 11) is 3.15. The van der Waals surface area contributed by atoms with Crippen molar-refractivity contribution in [3.63, 3.8) is 0 Å². The molecule has 2 fully saturated rings. The first-order valence-corrected chi connectivity index (χ1v) is 18.4. The Kier molecular flexibility index (Phi) is 12.2. The van der Waals surface area contributed by atoms with Crippen LogP contribution < -0.4 is 31.4 Å². The lowest BCUT2D eigenvalue weighted by atomic mass is 9.63. The third kappa shape index (κ3) is 8.38. The fourth-order valence-electron chi connectivity index (χ4n) is 7.60. The molecule has 4 aromatic rings. The minimum Gasteiger partial charge on any atom is -0.497 e. The molecule has 2 unspecified atom stereocenters. The van der Waals surface area contributed by atoms with Crippen molar-refractivity contribution in [1.29, 1.82) is 0 Å². The van der Waals surface area contributed by atoms with Gasteiger partial charge in [0.25, 0.3) is 5.56 Å². The lowest BCUT2D eigenvalue weighted by Gasteiger charge is -2.43. The predicted molar refractivity (Wildman–Crippen MR) is 204 cm³/mol. The van der Waals surface area contributed by atoms with Gasteiger partial charge in [0.05, 0.1) is 27.4 Å². The Balaban J connectivity index is 1.31. The molecule has 0 radical (unpaired) electrons. The number of hydrogen-bond donors (Lipinski definition) is 4. The molecule has 2 aliphatic rings. The van der Waals surface area contributed by atoms with Crippen molar-refractivity contribution >= 4 is 11.8 Å². The molecule has 5 atom stereocenters. The van der Waals surface area contributed by atoms with Crippen molar-refractivity contribution in [3.8, 4) is 23.3 Å². The zero-order valence-electron chi connectivity index (χ0n) is 32.1. The molecule has 16 heteroatoms. The van der Waals surface area contributed by atoms with Gasteiger partial charge in [0.15, 0.2) is 6.23 Å². The number of benzene rings is 3. The Morgan fingerprint density at radius 2 is 1.55 bits per heavy atom. The highest BCUT2D eigenvalue weighted by Gasteiger charge is 2.64. The van der Waals surface area contributed by atoms with E-state index in [2.05, 4.69) is 22.1 Å². The second-order valence-corrected chi connectivity index (χ2v) is 14.6. The van der Waals surface area contributed by atoms with Crippen molar-refractivity contribution < 1.29 is 46.8 Å². The molecule has 13 nitrogen and oxygen atoms in total. The van der Waals surface area contributed by atoms with Crippen molar-refractivity contribution in [2.24, 2.45) is 5.92 Å². The summed E-state index contributed by atoms with van der Waals surface area (Å²) in [5.41, 5.74) is -1.67. The van der Waals surface area contributed by atoms with Crippen LogP contribution in [0.4, 0.5) is 13.2 Å². The van der Waals surface area contributed by atoms with Crippen molar-refractivity contribution in [2.45, 2.75) is 68.4 Å². The van der Waals surface area contributed by atoms with Crippen molar-refractivity contribution in [3.05, 3.63) is 128 Å². The second kappa shape index (κ2) is 16.9. The summed E-state index contributed by atoms with van der Waals surface area (Å²) in [5.74, 6) is 3.04. The largest absolute Gasteiger partial charge is 0.497 e. The van der Waals surface area contributed by atoms with E-state index < -0.39 is 71.3 Å². The molecular formula is C42H43F3N4O9. The Labute approximate surface area is 331 Å². The van der Waals surface area contributed by atoms with E-state index >= 15 is 0 Å². The van der Waals surface area contributed by atoms with Crippen LogP contribution in [0.2, 0.25) is 0 Å². The van der Waals surface area contributed by atoms with Gasteiger partial charge in [0.1, 0.15) is 40.9 Å². The standard InChI is InChI=1S/C42H43F3N4O9/c1-25(2)21-32(47-38(53)42(43,44)45)36(52)46-20-8-9-26-22-49(39(54)48-35(26)51)37-33-34(50)40(58-37,24-57-33)23-41(27-10-6-5-7-11-27,28-12-16-30(55-3)17-13-28)29-14-18-31(56-4)19-15-29/h5-7,10-19,22,25,32-34,37,50H,20-21,23-24H2,1-4H3,(H,46,52)(H,47,53)(H,48,51,54)/t32?,33-,34?,37+,40-/m0/s1. The van der Waals surface area contributed by atoms with Crippen LogP contribution in [-0.2, 0) is 24.5 Å². The fourth-order valence-corrected chi connectivity index (χ4v) is 7.60. The van der Waals surface area contributed by atoms with Crippen LogP contribution in [-0.4, -0.2) is 83.9 Å². The number of aliphatic hydroxyl groups excluding tert-OH is 1. The van der Waals surface area contributed by atoms with E-state index in [0.29, 0.717) is 11.5 Å². The molecule has 2 saturated heterocycles. The molecule has 58 heavy (non-hydrogen) atoms. The van der Waals surface area contributed by atoms with E-state index in [1.165, 1.54) is 0 Å². The average molecular weight is 805 g/mol. The zero-order valence-corrected chi connectivity index (χ0v) is 32.1. The number of aliphatic hydroxyl groups is 1. The van der Waals surface area contributed by atoms with E-state index in [1.54, 1.807) is 33.4 Å². The van der Waals surface area contributed by atoms with Crippen LogP contribution in [0.15, 0.2) is 94.6 Å². The lowest BCUT2D eigenvalue weighted by molar-refractivity contribution is -0.180. The van der Waals surface area contributed by atoms with Crippen LogP contribution in [0.5, 0.6) is 11.5 Å². The predicted octanol–water partition coefficient (Wildman–Crippen LogP) is 3.57. The Morgan fingerprint density at radius 1 is 0.966 bits per heavy atom. The SMILES string of the molecule is COc1ccc(C(C[C@]23CO[C@@H](C2O)[C@H](n2cc(C#CCNC(=O)C(CC(C)C)NC(=O)C(F)(F)F)c(=O)[nH]c2=O)O3)(c2ccccc2)c2ccc(OC)cc2)cc1. The molecule has 306 valence electrons. The van der Waals surface area contributed by atoms with Gasteiger partial charge in [-0.1, -0.05) is 80.3 Å². The van der Waals surface area contributed by atoms with Gasteiger partial charge in [-0.25, -0.2) is 4.79 Å². The third-order valence-corrected chi connectivity index (χ3v) is 10.4. The molecule has 0 saturated carbocycles. The third-order valence-electron chi connectivity index (χ3n) is 10.4. The highest BCUT2D eigenvalue weighted by molar-refractivity contribution is 5.89. The highest BCUT2D eigenvalue weighted by Crippen LogP contribution is 2.54. The normalized spacial score (nSPS) is 20.5. The number of amides is 2. The molecule has 4 N–H and O–H groups in total. The number of aromatic nitrogens is 2. The molecule has 2 aliphatic heterocycles. The number of H-pyrrole nitrogens is 1. The molecule has 6 rings (SSSR count). The Hall–Kier alpha value is -5.89. The van der Waals surface area contributed by atoms with E-state index in [4.69, 9.17) is 18.9 Å². The number of hydrogen-bond acceptors (Lipinski definition) is 9. The van der Waals surface area contributed by atoms with Gasteiger partial charge in [-0.3, -0.25) is 23.9 Å². The number of rotatable bonds is 13. The van der Waals surface area contributed by atoms with E-state index in [0.717, 1.165) is 27.5 Å². The maximum Gasteiger partial charge on any atom is 0.471 e. The number of alkyl halides is 3. The van der Waals surface area contributed by atoms with Gasteiger partial charge in [0, 0.05) is 11.6 Å². The van der Waals surface area contributed by atoms with Gasteiger partial charge in [-0.2, -0.15) is 13.2 Å². The number of methoxy groups -OCH3 is 2. The average Bonchev–Trinajstić information content (AvgIpc) is 3.66. The Bertz CT molecular complexity index is 2240. The van der Waals surface area contributed by atoms with Crippen LogP contribution in [0.3, 0.4) is 0 Å². The summed E-state index contributed by atoms with van der Waals surface area (Å²) in [6.07, 6.45) is -7.43. The summed E-state index contributed by atoms with van der Waals surface area (Å²) in [6.45, 7) is 2.92. The highest BCUT2D eigenvalue weighted by atomic mass is 19.4. The summed E-state index contributed by atoms with van der Waals surface area (Å²) in [4.78, 5) is 52.6.